The van der Waals surface area contributed by atoms with E-state index in [9.17, 15) is 0 Å². The highest BCUT2D eigenvalue weighted by Crippen LogP contribution is 2.37. The van der Waals surface area contributed by atoms with Crippen molar-refractivity contribution in [2.75, 3.05) is 18.9 Å². The number of rotatable bonds is 4. The molecule has 1 aliphatic heterocycles. The van der Waals surface area contributed by atoms with Gasteiger partial charge in [0.25, 0.3) is 0 Å². The number of nitrogens with zero attached hydrogens (tertiary/aromatic N) is 2. The van der Waals surface area contributed by atoms with Crippen LogP contribution in [0.5, 0.6) is 0 Å². The fraction of sp³-hybridized carbons (Fsp3) is 0.562. The summed E-state index contributed by atoms with van der Waals surface area (Å²) in [5.74, 6) is 0. The van der Waals surface area contributed by atoms with Crippen LogP contribution in [0.25, 0.3) is 10.6 Å². The number of thiazole rings is 1. The monoisotopic (exact) mass is 321 g/mol. The van der Waals surface area contributed by atoms with Gasteiger partial charge in [0.15, 0.2) is 5.13 Å². The van der Waals surface area contributed by atoms with Crippen molar-refractivity contribution < 1.29 is 0 Å². The van der Waals surface area contributed by atoms with E-state index in [1.54, 1.807) is 11.3 Å². The van der Waals surface area contributed by atoms with Crippen LogP contribution < -0.4 is 5.32 Å². The van der Waals surface area contributed by atoms with Crippen LogP contribution in [0.3, 0.4) is 0 Å². The van der Waals surface area contributed by atoms with Crippen molar-refractivity contribution in [3.63, 3.8) is 0 Å². The fourth-order valence-corrected chi connectivity index (χ4v) is 4.93. The molecule has 114 valence electrons. The van der Waals surface area contributed by atoms with E-state index in [2.05, 4.69) is 37.1 Å². The van der Waals surface area contributed by atoms with E-state index in [0.29, 0.717) is 6.04 Å². The highest BCUT2D eigenvalue weighted by molar-refractivity contribution is 7.18. The lowest BCUT2D eigenvalue weighted by Gasteiger charge is -2.20. The molecule has 2 aromatic rings. The standard InChI is InChI=1S/C16H23N3S2/c1-10-8-13(20-12(10)3)15-14(21-16(17-4)18-15)9-19-7-5-6-11(19)2/h8,11H,5-7,9H2,1-4H3,(H,17,18). The smallest absolute Gasteiger partial charge is 0.183 e. The van der Waals surface area contributed by atoms with Crippen molar-refractivity contribution in [2.45, 2.75) is 46.2 Å². The van der Waals surface area contributed by atoms with Crippen LogP contribution in [0.2, 0.25) is 0 Å². The molecular formula is C16H23N3S2. The van der Waals surface area contributed by atoms with Crippen molar-refractivity contribution in [3.05, 3.63) is 21.4 Å². The van der Waals surface area contributed by atoms with Gasteiger partial charge < -0.3 is 5.32 Å². The van der Waals surface area contributed by atoms with Crippen molar-refractivity contribution in [1.29, 1.82) is 0 Å². The molecule has 1 saturated heterocycles. The molecule has 0 spiro atoms. The van der Waals surface area contributed by atoms with Crippen LogP contribution in [0, 0.1) is 13.8 Å². The van der Waals surface area contributed by atoms with E-state index < -0.39 is 0 Å². The Labute approximate surface area is 135 Å². The van der Waals surface area contributed by atoms with Crippen LogP contribution in [0.15, 0.2) is 6.07 Å². The Morgan fingerprint density at radius 2 is 2.19 bits per heavy atom. The van der Waals surface area contributed by atoms with Crippen molar-refractivity contribution in [2.24, 2.45) is 0 Å². The molecule has 0 radical (unpaired) electrons. The molecule has 5 heteroatoms. The predicted molar refractivity (Wildman–Crippen MR) is 93.6 cm³/mol. The van der Waals surface area contributed by atoms with Crippen LogP contribution in [-0.2, 0) is 6.54 Å². The molecule has 21 heavy (non-hydrogen) atoms. The number of thiophene rings is 1. The third-order valence-corrected chi connectivity index (χ3v) is 6.56. The van der Waals surface area contributed by atoms with Gasteiger partial charge in [0.1, 0.15) is 0 Å². The topological polar surface area (TPSA) is 28.2 Å². The number of hydrogen-bond donors (Lipinski definition) is 1. The fourth-order valence-electron chi connectivity index (χ4n) is 2.86. The molecule has 1 atom stereocenters. The van der Waals surface area contributed by atoms with Gasteiger partial charge in [0, 0.05) is 29.4 Å². The van der Waals surface area contributed by atoms with E-state index in [1.165, 1.54) is 45.3 Å². The summed E-state index contributed by atoms with van der Waals surface area (Å²) in [4.78, 5) is 11.5. The quantitative estimate of drug-likeness (QED) is 0.897. The molecular weight excluding hydrogens is 298 g/mol. The van der Waals surface area contributed by atoms with Gasteiger partial charge in [-0.3, -0.25) is 4.90 Å². The molecule has 0 saturated carbocycles. The average molecular weight is 322 g/mol. The first-order valence-electron chi connectivity index (χ1n) is 7.57. The van der Waals surface area contributed by atoms with E-state index >= 15 is 0 Å². The van der Waals surface area contributed by atoms with Crippen LogP contribution >= 0.6 is 22.7 Å². The van der Waals surface area contributed by atoms with Crippen LogP contribution in [-0.4, -0.2) is 29.5 Å². The number of anilines is 1. The van der Waals surface area contributed by atoms with Gasteiger partial charge in [0.05, 0.1) is 10.6 Å². The average Bonchev–Trinajstić information content (AvgIpc) is 3.13. The predicted octanol–water partition coefficient (Wildman–Crippen LogP) is 4.51. The minimum absolute atomic E-state index is 0.699. The Bertz CT molecular complexity index is 610. The lowest BCUT2D eigenvalue weighted by atomic mass is 10.2. The number of likely N-dealkylation sites (tertiary alicyclic amines) is 1. The summed E-state index contributed by atoms with van der Waals surface area (Å²) in [5.41, 5.74) is 2.55. The zero-order valence-corrected chi connectivity index (χ0v) is 14.8. The Morgan fingerprint density at radius 1 is 1.38 bits per heavy atom. The second-order valence-corrected chi connectivity index (χ2v) is 8.19. The number of aryl methyl sites for hydroxylation is 2. The zero-order chi connectivity index (χ0) is 15.0. The molecule has 1 aliphatic rings. The molecule has 0 aliphatic carbocycles. The van der Waals surface area contributed by atoms with E-state index in [-0.39, 0.29) is 0 Å². The molecule has 2 aromatic heterocycles. The van der Waals surface area contributed by atoms with Gasteiger partial charge in [-0.1, -0.05) is 0 Å². The molecule has 0 bridgehead atoms. The van der Waals surface area contributed by atoms with E-state index in [4.69, 9.17) is 4.98 Å². The lowest BCUT2D eigenvalue weighted by Crippen LogP contribution is -2.25. The highest BCUT2D eigenvalue weighted by atomic mass is 32.1. The molecule has 0 amide bonds. The van der Waals surface area contributed by atoms with Crippen molar-refractivity contribution in [3.8, 4) is 10.6 Å². The maximum Gasteiger partial charge on any atom is 0.183 e. The van der Waals surface area contributed by atoms with Gasteiger partial charge in [-0.15, -0.1) is 22.7 Å². The molecule has 1 N–H and O–H groups in total. The molecule has 3 rings (SSSR count). The van der Waals surface area contributed by atoms with Crippen LogP contribution in [0.1, 0.15) is 35.1 Å². The maximum atomic E-state index is 4.81. The van der Waals surface area contributed by atoms with E-state index in [1.807, 2.05) is 18.4 Å². The zero-order valence-electron chi connectivity index (χ0n) is 13.2. The summed E-state index contributed by atoms with van der Waals surface area (Å²) in [7, 11) is 1.95. The summed E-state index contributed by atoms with van der Waals surface area (Å²) in [6.07, 6.45) is 2.65. The number of aromatic nitrogens is 1. The Hall–Kier alpha value is -0.910. The first kappa shape index (κ1) is 15.0. The van der Waals surface area contributed by atoms with Gasteiger partial charge in [-0.05, 0) is 51.8 Å². The van der Waals surface area contributed by atoms with Gasteiger partial charge in [0.2, 0.25) is 0 Å². The number of hydrogen-bond acceptors (Lipinski definition) is 5. The van der Waals surface area contributed by atoms with Gasteiger partial charge >= 0.3 is 0 Å². The lowest BCUT2D eigenvalue weighted by molar-refractivity contribution is 0.263. The Kier molecular flexibility index (Phi) is 4.33. The minimum Gasteiger partial charge on any atom is -0.365 e. The first-order chi connectivity index (χ1) is 10.1. The summed E-state index contributed by atoms with van der Waals surface area (Å²) >= 11 is 3.66. The van der Waals surface area contributed by atoms with Crippen molar-refractivity contribution in [1.82, 2.24) is 9.88 Å². The summed E-state index contributed by atoms with van der Waals surface area (Å²) < 4.78 is 0. The molecule has 1 fully saturated rings. The third-order valence-electron chi connectivity index (χ3n) is 4.35. The Morgan fingerprint density at radius 3 is 2.76 bits per heavy atom. The summed E-state index contributed by atoms with van der Waals surface area (Å²) in [6, 6.07) is 2.98. The number of nitrogens with one attached hydrogen (secondary N) is 1. The molecule has 3 nitrogen and oxygen atoms in total. The molecule has 3 heterocycles. The van der Waals surface area contributed by atoms with Crippen molar-refractivity contribution >= 4 is 27.8 Å². The maximum absolute atomic E-state index is 4.81. The first-order valence-corrected chi connectivity index (χ1v) is 9.20. The van der Waals surface area contributed by atoms with E-state index in [0.717, 1.165) is 11.7 Å². The van der Waals surface area contributed by atoms with Gasteiger partial charge in [-0.2, -0.15) is 0 Å². The van der Waals surface area contributed by atoms with Crippen LogP contribution in [0.4, 0.5) is 5.13 Å². The SMILES string of the molecule is CNc1nc(-c2cc(C)c(C)s2)c(CN2CCCC2C)s1. The normalized spacial score (nSPS) is 19.3. The Balaban J connectivity index is 1.93. The summed E-state index contributed by atoms with van der Waals surface area (Å²) in [5, 5.41) is 4.23. The third kappa shape index (κ3) is 3.00. The molecule has 1 unspecified atom stereocenters. The second kappa shape index (κ2) is 6.07. The summed E-state index contributed by atoms with van der Waals surface area (Å²) in [6.45, 7) is 8.97. The molecule has 0 aromatic carbocycles. The minimum atomic E-state index is 0.699. The largest absolute Gasteiger partial charge is 0.365 e. The second-order valence-electron chi connectivity index (χ2n) is 5.85. The highest BCUT2D eigenvalue weighted by Gasteiger charge is 2.24. The van der Waals surface area contributed by atoms with Gasteiger partial charge in [-0.25, -0.2) is 4.98 Å².